The minimum atomic E-state index is -4.79. The van der Waals surface area contributed by atoms with Gasteiger partial charge >= 0.3 is 6.18 Å². The number of alkyl halides is 5. The summed E-state index contributed by atoms with van der Waals surface area (Å²) in [5, 5.41) is 10.6. The molecule has 1 unspecified atom stereocenters. The summed E-state index contributed by atoms with van der Waals surface area (Å²) in [6.07, 6.45) is -7.90. The number of halogens is 5. The number of benzene rings is 1. The average molecular weight is 270 g/mol. The fraction of sp³-hybridized carbons (Fsp3) is 0.333. The van der Waals surface area contributed by atoms with Crippen molar-refractivity contribution in [3.8, 4) is 0 Å². The van der Waals surface area contributed by atoms with Crippen LogP contribution in [-0.4, -0.2) is 11.3 Å². The van der Waals surface area contributed by atoms with E-state index in [1.807, 2.05) is 0 Å². The van der Waals surface area contributed by atoms with Gasteiger partial charge in [0.25, 0.3) is 12.1 Å². The molecule has 0 spiro atoms. The van der Waals surface area contributed by atoms with Gasteiger partial charge in [0.1, 0.15) is 0 Å². The molecule has 1 aromatic carbocycles. The normalized spacial score (nSPS) is 13.7. The van der Waals surface area contributed by atoms with Crippen LogP contribution in [0.3, 0.4) is 0 Å². The smallest absolute Gasteiger partial charge is 0.319 e. The maximum atomic E-state index is 12.3. The van der Waals surface area contributed by atoms with E-state index in [1.165, 1.54) is 0 Å². The molecule has 0 fully saturated rings. The SMILES string of the molecule is NC(c1ccc(C(F)(F)F)cc1[N+](=O)[O-])C(F)F. The van der Waals surface area contributed by atoms with Crippen molar-refractivity contribution in [1.82, 2.24) is 0 Å². The van der Waals surface area contributed by atoms with Gasteiger partial charge in [-0.15, -0.1) is 0 Å². The molecule has 1 atom stereocenters. The molecule has 0 radical (unpaired) electrons. The first-order valence-electron chi connectivity index (χ1n) is 4.54. The number of nitro benzene ring substituents is 1. The second-order valence-electron chi connectivity index (χ2n) is 3.39. The molecule has 0 heterocycles. The van der Waals surface area contributed by atoms with Crippen LogP contribution < -0.4 is 5.73 Å². The molecule has 1 aromatic rings. The largest absolute Gasteiger partial charge is 0.416 e. The van der Waals surface area contributed by atoms with E-state index in [0.29, 0.717) is 12.1 Å². The van der Waals surface area contributed by atoms with Crippen molar-refractivity contribution in [1.29, 1.82) is 0 Å². The van der Waals surface area contributed by atoms with E-state index in [-0.39, 0.29) is 6.07 Å². The Balaban J connectivity index is 3.34. The van der Waals surface area contributed by atoms with Gasteiger partial charge in [0.05, 0.1) is 22.1 Å². The second-order valence-corrected chi connectivity index (χ2v) is 3.39. The lowest BCUT2D eigenvalue weighted by Gasteiger charge is -2.13. The molecule has 4 nitrogen and oxygen atoms in total. The zero-order valence-electron chi connectivity index (χ0n) is 8.62. The third kappa shape index (κ3) is 2.92. The molecule has 0 aliphatic rings. The van der Waals surface area contributed by atoms with E-state index >= 15 is 0 Å². The highest BCUT2D eigenvalue weighted by Crippen LogP contribution is 2.35. The predicted molar refractivity (Wildman–Crippen MR) is 51.0 cm³/mol. The van der Waals surface area contributed by atoms with Crippen molar-refractivity contribution in [2.24, 2.45) is 5.73 Å². The van der Waals surface area contributed by atoms with E-state index in [1.54, 1.807) is 0 Å². The Kier molecular flexibility index (Phi) is 3.85. The quantitative estimate of drug-likeness (QED) is 0.521. The van der Waals surface area contributed by atoms with Gasteiger partial charge < -0.3 is 5.73 Å². The monoisotopic (exact) mass is 270 g/mol. The molecule has 0 saturated carbocycles. The van der Waals surface area contributed by atoms with Crippen LogP contribution in [0.2, 0.25) is 0 Å². The molecule has 100 valence electrons. The molecular weight excluding hydrogens is 263 g/mol. The van der Waals surface area contributed by atoms with Gasteiger partial charge in [-0.05, 0) is 12.1 Å². The van der Waals surface area contributed by atoms with E-state index in [9.17, 15) is 32.1 Å². The number of hydrogen-bond acceptors (Lipinski definition) is 3. The number of rotatable bonds is 3. The average Bonchev–Trinajstić information content (AvgIpc) is 2.25. The van der Waals surface area contributed by atoms with Crippen molar-refractivity contribution in [3.05, 3.63) is 39.4 Å². The molecule has 0 bridgehead atoms. The maximum absolute atomic E-state index is 12.3. The first-order chi connectivity index (χ1) is 8.14. The van der Waals surface area contributed by atoms with Crippen LogP contribution in [0, 0.1) is 10.1 Å². The molecule has 18 heavy (non-hydrogen) atoms. The number of hydrogen-bond donors (Lipinski definition) is 1. The highest BCUT2D eigenvalue weighted by atomic mass is 19.4. The van der Waals surface area contributed by atoms with Crippen LogP contribution in [0.15, 0.2) is 18.2 Å². The van der Waals surface area contributed by atoms with Gasteiger partial charge in [0.2, 0.25) is 0 Å². The van der Waals surface area contributed by atoms with Crippen molar-refractivity contribution in [2.45, 2.75) is 18.6 Å². The van der Waals surface area contributed by atoms with Crippen LogP contribution in [0.25, 0.3) is 0 Å². The summed E-state index contributed by atoms with van der Waals surface area (Å²) >= 11 is 0. The topological polar surface area (TPSA) is 69.2 Å². The van der Waals surface area contributed by atoms with Crippen LogP contribution >= 0.6 is 0 Å². The fourth-order valence-electron chi connectivity index (χ4n) is 1.30. The molecule has 0 amide bonds. The zero-order valence-corrected chi connectivity index (χ0v) is 8.62. The summed E-state index contributed by atoms with van der Waals surface area (Å²) in [5.41, 5.74) is 2.00. The molecule has 1 rings (SSSR count). The fourth-order valence-corrected chi connectivity index (χ4v) is 1.30. The van der Waals surface area contributed by atoms with Crippen molar-refractivity contribution in [2.75, 3.05) is 0 Å². The molecule has 9 heteroatoms. The summed E-state index contributed by atoms with van der Waals surface area (Å²) in [5.74, 6) is 0. The van der Waals surface area contributed by atoms with Gasteiger partial charge in [-0.3, -0.25) is 10.1 Å². The summed E-state index contributed by atoms with van der Waals surface area (Å²) in [6.45, 7) is 0. The summed E-state index contributed by atoms with van der Waals surface area (Å²) in [7, 11) is 0. The van der Waals surface area contributed by atoms with Gasteiger partial charge in [-0.1, -0.05) is 0 Å². The Hall–Kier alpha value is -1.77. The zero-order chi connectivity index (χ0) is 14.1. The van der Waals surface area contributed by atoms with Gasteiger partial charge in [-0.25, -0.2) is 8.78 Å². The Bertz CT molecular complexity index is 461. The number of nitrogens with zero attached hydrogens (tertiary/aromatic N) is 1. The summed E-state index contributed by atoms with van der Waals surface area (Å²) in [6, 6.07) is -0.743. The van der Waals surface area contributed by atoms with Gasteiger partial charge in [0, 0.05) is 6.07 Å². The molecule has 0 aromatic heterocycles. The van der Waals surface area contributed by atoms with E-state index < -0.39 is 40.4 Å². The van der Waals surface area contributed by atoms with Crippen molar-refractivity contribution < 1.29 is 26.9 Å². The minimum Gasteiger partial charge on any atom is -0.319 e. The van der Waals surface area contributed by atoms with Crippen LogP contribution in [0.4, 0.5) is 27.6 Å². The first-order valence-corrected chi connectivity index (χ1v) is 4.54. The van der Waals surface area contributed by atoms with Crippen LogP contribution in [-0.2, 0) is 6.18 Å². The standard InChI is InChI=1S/C9H7F5N2O2/c10-8(11)7(15)5-2-1-4(9(12,13)14)3-6(5)16(17)18/h1-3,7-8H,15H2. The molecule has 2 N–H and O–H groups in total. The van der Waals surface area contributed by atoms with Gasteiger partial charge in [-0.2, -0.15) is 13.2 Å². The Morgan fingerprint density at radius 1 is 1.28 bits per heavy atom. The number of nitrogens with two attached hydrogens (primary N) is 1. The van der Waals surface area contributed by atoms with E-state index in [4.69, 9.17) is 5.73 Å². The lowest BCUT2D eigenvalue weighted by molar-refractivity contribution is -0.386. The highest BCUT2D eigenvalue weighted by Gasteiger charge is 2.34. The van der Waals surface area contributed by atoms with Crippen LogP contribution in [0.5, 0.6) is 0 Å². The molecule has 0 aliphatic carbocycles. The summed E-state index contributed by atoms with van der Waals surface area (Å²) in [4.78, 5) is 9.39. The number of nitro groups is 1. The van der Waals surface area contributed by atoms with Crippen molar-refractivity contribution >= 4 is 5.69 Å². The van der Waals surface area contributed by atoms with Gasteiger partial charge in [0.15, 0.2) is 0 Å². The second kappa shape index (κ2) is 4.84. The Labute approximate surface area is 97.3 Å². The maximum Gasteiger partial charge on any atom is 0.416 e. The third-order valence-electron chi connectivity index (χ3n) is 2.19. The van der Waals surface area contributed by atoms with Crippen LogP contribution in [0.1, 0.15) is 17.2 Å². The summed E-state index contributed by atoms with van der Waals surface area (Å²) < 4.78 is 61.6. The highest BCUT2D eigenvalue weighted by molar-refractivity contribution is 5.46. The molecule has 0 saturated heterocycles. The lowest BCUT2D eigenvalue weighted by Crippen LogP contribution is -2.20. The van der Waals surface area contributed by atoms with E-state index in [2.05, 4.69) is 0 Å². The molecule has 0 aliphatic heterocycles. The van der Waals surface area contributed by atoms with E-state index in [0.717, 1.165) is 0 Å². The van der Waals surface area contributed by atoms with Crippen molar-refractivity contribution in [3.63, 3.8) is 0 Å². The third-order valence-corrected chi connectivity index (χ3v) is 2.19. The Morgan fingerprint density at radius 2 is 1.83 bits per heavy atom. The predicted octanol–water partition coefficient (Wildman–Crippen LogP) is 2.88. The Morgan fingerprint density at radius 3 is 2.22 bits per heavy atom. The molecular formula is C9H7F5N2O2. The first kappa shape index (κ1) is 14.3. The lowest BCUT2D eigenvalue weighted by atomic mass is 10.0. The minimum absolute atomic E-state index is 0.192.